The van der Waals surface area contributed by atoms with Crippen LogP contribution >= 0.6 is 0 Å². The lowest BCUT2D eigenvalue weighted by atomic mass is 10.1. The minimum absolute atomic E-state index is 0.135. The van der Waals surface area contributed by atoms with Crippen LogP contribution in [0.1, 0.15) is 27.7 Å². The van der Waals surface area contributed by atoms with Gasteiger partial charge in [-0.05, 0) is 32.0 Å². The number of aromatic amines is 1. The van der Waals surface area contributed by atoms with Crippen LogP contribution < -0.4 is 5.32 Å². The van der Waals surface area contributed by atoms with Gasteiger partial charge in [-0.1, -0.05) is 6.07 Å². The highest BCUT2D eigenvalue weighted by Crippen LogP contribution is 2.17. The lowest BCUT2D eigenvalue weighted by molar-refractivity contribution is 0.0949. The Morgan fingerprint density at radius 3 is 2.95 bits per heavy atom. The number of nitrogens with one attached hydrogen (secondary N) is 2. The number of rotatable bonds is 3. The zero-order valence-corrected chi connectivity index (χ0v) is 11.4. The number of fused-ring (bicyclic) bond motifs is 1. The van der Waals surface area contributed by atoms with Crippen LogP contribution in [0.25, 0.3) is 10.9 Å². The first-order valence-electron chi connectivity index (χ1n) is 6.42. The predicted octanol–water partition coefficient (Wildman–Crippen LogP) is 2.70. The Morgan fingerprint density at radius 1 is 1.35 bits per heavy atom. The van der Waals surface area contributed by atoms with Crippen molar-refractivity contribution in [2.24, 2.45) is 0 Å². The molecule has 0 saturated heterocycles. The topological polar surface area (TPSA) is 70.9 Å². The molecule has 0 aliphatic rings. The molecule has 0 aliphatic carbocycles. The van der Waals surface area contributed by atoms with Crippen LogP contribution in [-0.2, 0) is 6.54 Å². The maximum atomic E-state index is 12.2. The molecule has 5 heteroatoms. The molecule has 2 N–H and O–H groups in total. The maximum absolute atomic E-state index is 12.2. The third-order valence-electron chi connectivity index (χ3n) is 3.31. The molecule has 0 spiro atoms. The van der Waals surface area contributed by atoms with Gasteiger partial charge in [0.25, 0.3) is 5.91 Å². The second-order valence-electron chi connectivity index (χ2n) is 4.68. The lowest BCUT2D eigenvalue weighted by Gasteiger charge is -2.04. The highest BCUT2D eigenvalue weighted by molar-refractivity contribution is 6.06. The molecule has 3 rings (SSSR count). The average molecular weight is 269 g/mol. The van der Waals surface area contributed by atoms with Crippen molar-refractivity contribution in [2.75, 3.05) is 0 Å². The largest absolute Gasteiger partial charge is 0.444 e. The minimum Gasteiger partial charge on any atom is -0.444 e. The molecule has 20 heavy (non-hydrogen) atoms. The summed E-state index contributed by atoms with van der Waals surface area (Å²) in [6.45, 7) is 4.02. The van der Waals surface area contributed by atoms with Gasteiger partial charge in [0.2, 0.25) is 5.89 Å². The standard InChI is InChI=1S/C15H15N3O2/c1-9-10(2)20-14(18-9)8-17-15(19)12-4-3-5-13-11(12)6-7-16-13/h3-7,16H,8H2,1-2H3,(H,17,19). The molecule has 0 aliphatic heterocycles. The zero-order valence-electron chi connectivity index (χ0n) is 11.4. The Hall–Kier alpha value is -2.56. The first kappa shape index (κ1) is 12.5. The number of carbonyl (C=O) groups is 1. The van der Waals surface area contributed by atoms with Gasteiger partial charge in [-0.25, -0.2) is 4.98 Å². The van der Waals surface area contributed by atoms with E-state index in [0.717, 1.165) is 22.4 Å². The van der Waals surface area contributed by atoms with Crippen molar-refractivity contribution in [1.82, 2.24) is 15.3 Å². The van der Waals surface area contributed by atoms with E-state index >= 15 is 0 Å². The molecule has 0 saturated carbocycles. The Bertz CT molecular complexity index is 751. The number of hydrogen-bond acceptors (Lipinski definition) is 3. The van der Waals surface area contributed by atoms with Crippen molar-refractivity contribution in [3.05, 3.63) is 53.4 Å². The SMILES string of the molecule is Cc1nc(CNC(=O)c2cccc3[nH]ccc23)oc1C. The summed E-state index contributed by atoms with van der Waals surface area (Å²) < 4.78 is 5.44. The zero-order chi connectivity index (χ0) is 14.1. The molecular weight excluding hydrogens is 254 g/mol. The molecule has 1 aromatic carbocycles. The van der Waals surface area contributed by atoms with Crippen LogP contribution in [-0.4, -0.2) is 15.9 Å². The fourth-order valence-corrected chi connectivity index (χ4v) is 2.15. The Morgan fingerprint density at radius 2 is 2.20 bits per heavy atom. The van der Waals surface area contributed by atoms with E-state index in [1.165, 1.54) is 0 Å². The van der Waals surface area contributed by atoms with Crippen LogP contribution in [0.2, 0.25) is 0 Å². The van der Waals surface area contributed by atoms with Crippen molar-refractivity contribution < 1.29 is 9.21 Å². The molecule has 2 heterocycles. The van der Waals surface area contributed by atoms with Crippen LogP contribution in [0.5, 0.6) is 0 Å². The number of H-pyrrole nitrogens is 1. The summed E-state index contributed by atoms with van der Waals surface area (Å²) >= 11 is 0. The highest BCUT2D eigenvalue weighted by atomic mass is 16.4. The van der Waals surface area contributed by atoms with E-state index in [4.69, 9.17) is 4.42 Å². The van der Waals surface area contributed by atoms with E-state index in [9.17, 15) is 4.79 Å². The molecule has 0 atom stereocenters. The molecule has 0 radical (unpaired) electrons. The van der Waals surface area contributed by atoms with E-state index < -0.39 is 0 Å². The molecule has 102 valence electrons. The van der Waals surface area contributed by atoms with Crippen molar-refractivity contribution in [3.63, 3.8) is 0 Å². The molecule has 2 aromatic heterocycles. The van der Waals surface area contributed by atoms with Gasteiger partial charge >= 0.3 is 0 Å². The number of benzene rings is 1. The van der Waals surface area contributed by atoms with Gasteiger partial charge in [-0.15, -0.1) is 0 Å². The second-order valence-corrected chi connectivity index (χ2v) is 4.68. The first-order valence-corrected chi connectivity index (χ1v) is 6.42. The molecule has 3 aromatic rings. The Kier molecular flexibility index (Phi) is 3.02. The maximum Gasteiger partial charge on any atom is 0.252 e. The fraction of sp³-hybridized carbons (Fsp3) is 0.200. The van der Waals surface area contributed by atoms with E-state index in [1.54, 1.807) is 6.07 Å². The van der Waals surface area contributed by atoms with E-state index in [2.05, 4.69) is 15.3 Å². The Balaban J connectivity index is 1.78. The number of amides is 1. The van der Waals surface area contributed by atoms with Gasteiger partial charge in [0.05, 0.1) is 12.2 Å². The molecule has 0 bridgehead atoms. The number of aryl methyl sites for hydroxylation is 2. The smallest absolute Gasteiger partial charge is 0.252 e. The van der Waals surface area contributed by atoms with Crippen LogP contribution in [0.4, 0.5) is 0 Å². The summed E-state index contributed by atoms with van der Waals surface area (Å²) in [5, 5.41) is 3.74. The summed E-state index contributed by atoms with van der Waals surface area (Å²) in [5.74, 6) is 1.17. The number of aromatic nitrogens is 2. The van der Waals surface area contributed by atoms with Gasteiger partial charge in [0.1, 0.15) is 5.76 Å². The summed E-state index contributed by atoms with van der Waals surface area (Å²) in [7, 11) is 0. The molecule has 5 nitrogen and oxygen atoms in total. The van der Waals surface area contributed by atoms with E-state index in [1.807, 2.05) is 38.2 Å². The first-order chi connectivity index (χ1) is 9.65. The van der Waals surface area contributed by atoms with Crippen molar-refractivity contribution in [2.45, 2.75) is 20.4 Å². The monoisotopic (exact) mass is 269 g/mol. The number of hydrogen-bond donors (Lipinski definition) is 2. The molecule has 1 amide bonds. The highest BCUT2D eigenvalue weighted by Gasteiger charge is 2.12. The van der Waals surface area contributed by atoms with Gasteiger partial charge in [0.15, 0.2) is 0 Å². The predicted molar refractivity (Wildman–Crippen MR) is 75.4 cm³/mol. The lowest BCUT2D eigenvalue weighted by Crippen LogP contribution is -2.23. The van der Waals surface area contributed by atoms with Gasteiger partial charge in [-0.2, -0.15) is 0 Å². The minimum atomic E-state index is -0.135. The molecule has 0 fully saturated rings. The van der Waals surface area contributed by atoms with Crippen LogP contribution in [0.15, 0.2) is 34.9 Å². The van der Waals surface area contributed by atoms with Crippen molar-refractivity contribution >= 4 is 16.8 Å². The number of nitrogens with zero attached hydrogens (tertiary/aromatic N) is 1. The second kappa shape index (κ2) is 4.85. The summed E-state index contributed by atoms with van der Waals surface area (Å²) in [4.78, 5) is 19.6. The third-order valence-corrected chi connectivity index (χ3v) is 3.31. The third kappa shape index (κ3) is 2.18. The van der Waals surface area contributed by atoms with E-state index in [-0.39, 0.29) is 12.5 Å². The molecule has 0 unspecified atom stereocenters. The number of oxazole rings is 1. The normalized spacial score (nSPS) is 10.9. The summed E-state index contributed by atoms with van der Waals surface area (Å²) in [5.41, 5.74) is 2.44. The average Bonchev–Trinajstić information content (AvgIpc) is 3.03. The van der Waals surface area contributed by atoms with E-state index in [0.29, 0.717) is 11.5 Å². The summed E-state index contributed by atoms with van der Waals surface area (Å²) in [6.07, 6.45) is 1.82. The van der Waals surface area contributed by atoms with Gasteiger partial charge in [-0.3, -0.25) is 4.79 Å². The van der Waals surface area contributed by atoms with Gasteiger partial charge < -0.3 is 14.7 Å². The Labute approximate surface area is 116 Å². The molecular formula is C15H15N3O2. The summed E-state index contributed by atoms with van der Waals surface area (Å²) in [6, 6.07) is 7.49. The fourth-order valence-electron chi connectivity index (χ4n) is 2.15. The van der Waals surface area contributed by atoms with Gasteiger partial charge in [0, 0.05) is 22.7 Å². The van der Waals surface area contributed by atoms with Crippen molar-refractivity contribution in [1.29, 1.82) is 0 Å². The number of carbonyl (C=O) groups excluding carboxylic acids is 1. The van der Waals surface area contributed by atoms with Crippen LogP contribution in [0, 0.1) is 13.8 Å². The van der Waals surface area contributed by atoms with Crippen molar-refractivity contribution in [3.8, 4) is 0 Å². The van der Waals surface area contributed by atoms with Crippen LogP contribution in [0.3, 0.4) is 0 Å². The quantitative estimate of drug-likeness (QED) is 0.768.